The largest absolute Gasteiger partial charge is 0.497 e. The molecule has 3 heterocycles. The van der Waals surface area contributed by atoms with Gasteiger partial charge in [-0.25, -0.2) is 0 Å². The lowest BCUT2D eigenvalue weighted by Crippen LogP contribution is -2.48. The van der Waals surface area contributed by atoms with Gasteiger partial charge in [0, 0.05) is 42.3 Å². The summed E-state index contributed by atoms with van der Waals surface area (Å²) in [6.07, 6.45) is 3.65. The Kier molecular flexibility index (Phi) is 3.49. The van der Waals surface area contributed by atoms with Gasteiger partial charge in [0.1, 0.15) is 11.4 Å². The summed E-state index contributed by atoms with van der Waals surface area (Å²) in [5.41, 5.74) is 3.79. The number of pyridine rings is 1. The minimum Gasteiger partial charge on any atom is -0.497 e. The summed E-state index contributed by atoms with van der Waals surface area (Å²) in [6, 6.07) is 9.82. The van der Waals surface area contributed by atoms with Crippen molar-refractivity contribution in [2.24, 2.45) is 0 Å². The molecule has 4 rings (SSSR count). The molecule has 122 valence electrons. The van der Waals surface area contributed by atoms with Crippen molar-refractivity contribution >= 4 is 16.8 Å². The van der Waals surface area contributed by atoms with Crippen LogP contribution in [0.3, 0.4) is 0 Å². The zero-order valence-electron chi connectivity index (χ0n) is 13.7. The highest BCUT2D eigenvalue weighted by Gasteiger charge is 2.33. The highest BCUT2D eigenvalue weighted by Crippen LogP contribution is 2.31. The summed E-state index contributed by atoms with van der Waals surface area (Å²) in [5.74, 6) is 1.24. The van der Waals surface area contributed by atoms with Gasteiger partial charge < -0.3 is 14.6 Å². The summed E-state index contributed by atoms with van der Waals surface area (Å²) < 4.78 is 5.27. The molecule has 1 aliphatic heterocycles. The molecule has 24 heavy (non-hydrogen) atoms. The Bertz CT molecular complexity index is 896. The maximum Gasteiger partial charge on any atom is 0.270 e. The van der Waals surface area contributed by atoms with Crippen molar-refractivity contribution in [3.8, 4) is 5.75 Å². The van der Waals surface area contributed by atoms with Gasteiger partial charge in [-0.2, -0.15) is 0 Å². The standard InChI is InChI=1S/C19H19N3O2/c1-12-16-8-15(24-2)5-6-17(16)21-18(12)19(23)22-10-14(11-22)13-4-3-7-20-9-13/h3-9,14,21H,10-11H2,1-2H3. The van der Waals surface area contributed by atoms with Gasteiger partial charge in [-0.05, 0) is 42.3 Å². The predicted molar refractivity (Wildman–Crippen MR) is 92.5 cm³/mol. The molecule has 0 saturated carbocycles. The van der Waals surface area contributed by atoms with Crippen LogP contribution in [-0.4, -0.2) is 41.0 Å². The number of benzene rings is 1. The van der Waals surface area contributed by atoms with Crippen LogP contribution < -0.4 is 4.74 Å². The number of H-pyrrole nitrogens is 1. The van der Waals surface area contributed by atoms with Gasteiger partial charge in [-0.1, -0.05) is 6.07 Å². The first kappa shape index (κ1) is 14.8. The van der Waals surface area contributed by atoms with Crippen LogP contribution in [0.1, 0.15) is 27.5 Å². The summed E-state index contributed by atoms with van der Waals surface area (Å²) in [6.45, 7) is 3.45. The first-order chi connectivity index (χ1) is 11.7. The Morgan fingerprint density at radius 3 is 2.88 bits per heavy atom. The van der Waals surface area contributed by atoms with Crippen LogP contribution in [-0.2, 0) is 0 Å². The number of amides is 1. The molecular formula is C19H19N3O2. The first-order valence-corrected chi connectivity index (χ1v) is 8.03. The number of likely N-dealkylation sites (tertiary alicyclic amines) is 1. The molecule has 1 amide bonds. The lowest BCUT2D eigenvalue weighted by atomic mass is 9.92. The average Bonchev–Trinajstić information content (AvgIpc) is 2.91. The fourth-order valence-electron chi connectivity index (χ4n) is 3.28. The van der Waals surface area contributed by atoms with E-state index in [2.05, 4.69) is 16.0 Å². The van der Waals surface area contributed by atoms with Crippen LogP contribution in [0.15, 0.2) is 42.7 Å². The molecule has 1 N–H and O–H groups in total. The third kappa shape index (κ3) is 2.33. The molecular weight excluding hydrogens is 302 g/mol. The highest BCUT2D eigenvalue weighted by atomic mass is 16.5. The molecule has 0 bridgehead atoms. The van der Waals surface area contributed by atoms with E-state index in [1.165, 1.54) is 5.56 Å². The molecule has 5 nitrogen and oxygen atoms in total. The molecule has 1 fully saturated rings. The van der Waals surface area contributed by atoms with Crippen LogP contribution in [0.25, 0.3) is 10.9 Å². The quantitative estimate of drug-likeness (QED) is 0.806. The fraction of sp³-hybridized carbons (Fsp3) is 0.263. The van der Waals surface area contributed by atoms with Crippen molar-refractivity contribution in [1.29, 1.82) is 0 Å². The maximum absolute atomic E-state index is 12.8. The second-order valence-electron chi connectivity index (χ2n) is 6.23. The second kappa shape index (κ2) is 5.67. The predicted octanol–water partition coefficient (Wildman–Crippen LogP) is 3.12. The Morgan fingerprint density at radius 2 is 2.17 bits per heavy atom. The van der Waals surface area contributed by atoms with Gasteiger partial charge in [0.05, 0.1) is 7.11 Å². The summed E-state index contributed by atoms with van der Waals surface area (Å²) in [7, 11) is 1.65. The van der Waals surface area contributed by atoms with E-state index in [0.29, 0.717) is 11.6 Å². The zero-order chi connectivity index (χ0) is 16.7. The normalized spacial score (nSPS) is 14.7. The number of carbonyl (C=O) groups excluding carboxylic acids is 1. The number of nitrogens with zero attached hydrogens (tertiary/aromatic N) is 2. The number of methoxy groups -OCH3 is 1. The summed E-state index contributed by atoms with van der Waals surface area (Å²) >= 11 is 0. The molecule has 0 unspecified atom stereocenters. The van der Waals surface area contributed by atoms with Crippen LogP contribution in [0.5, 0.6) is 5.75 Å². The Morgan fingerprint density at radius 1 is 1.33 bits per heavy atom. The highest BCUT2D eigenvalue weighted by molar-refractivity contribution is 6.01. The maximum atomic E-state index is 12.8. The lowest BCUT2D eigenvalue weighted by Gasteiger charge is -2.39. The van der Waals surface area contributed by atoms with E-state index in [0.717, 1.165) is 35.3 Å². The van der Waals surface area contributed by atoms with Crippen LogP contribution in [0.4, 0.5) is 0 Å². The van der Waals surface area contributed by atoms with Gasteiger partial charge in [0.15, 0.2) is 0 Å². The third-order valence-electron chi connectivity index (χ3n) is 4.80. The molecule has 2 aromatic heterocycles. The van der Waals surface area contributed by atoms with Crippen molar-refractivity contribution in [2.75, 3.05) is 20.2 Å². The Labute approximate surface area is 140 Å². The van der Waals surface area contributed by atoms with E-state index in [1.807, 2.05) is 42.3 Å². The van der Waals surface area contributed by atoms with E-state index >= 15 is 0 Å². The van der Waals surface area contributed by atoms with Gasteiger partial charge in [0.2, 0.25) is 0 Å². The SMILES string of the molecule is COc1ccc2[nH]c(C(=O)N3CC(c4cccnc4)C3)c(C)c2c1. The van der Waals surface area contributed by atoms with Gasteiger partial charge in [-0.3, -0.25) is 9.78 Å². The van der Waals surface area contributed by atoms with Crippen LogP contribution in [0.2, 0.25) is 0 Å². The number of ether oxygens (including phenoxy) is 1. The molecule has 0 aliphatic carbocycles. The smallest absolute Gasteiger partial charge is 0.270 e. The van der Waals surface area contributed by atoms with Crippen LogP contribution >= 0.6 is 0 Å². The zero-order valence-corrected chi connectivity index (χ0v) is 13.7. The minimum absolute atomic E-state index is 0.0582. The van der Waals surface area contributed by atoms with Gasteiger partial charge in [0.25, 0.3) is 5.91 Å². The molecule has 1 aromatic carbocycles. The van der Waals surface area contributed by atoms with Crippen molar-refractivity contribution in [3.05, 3.63) is 59.5 Å². The van der Waals surface area contributed by atoms with Gasteiger partial charge >= 0.3 is 0 Å². The van der Waals surface area contributed by atoms with E-state index in [1.54, 1.807) is 13.3 Å². The van der Waals surface area contributed by atoms with Crippen molar-refractivity contribution in [3.63, 3.8) is 0 Å². The molecule has 0 radical (unpaired) electrons. The summed E-state index contributed by atoms with van der Waals surface area (Å²) in [5, 5.41) is 1.03. The number of aromatic nitrogens is 2. The molecule has 1 saturated heterocycles. The second-order valence-corrected chi connectivity index (χ2v) is 6.23. The number of fused-ring (bicyclic) bond motifs is 1. The number of nitrogens with one attached hydrogen (secondary N) is 1. The van der Waals surface area contributed by atoms with E-state index in [-0.39, 0.29) is 5.91 Å². The Balaban J connectivity index is 1.55. The average molecular weight is 321 g/mol. The minimum atomic E-state index is 0.0582. The van der Waals surface area contributed by atoms with Crippen molar-refractivity contribution in [1.82, 2.24) is 14.9 Å². The first-order valence-electron chi connectivity index (χ1n) is 8.03. The Hall–Kier alpha value is -2.82. The molecule has 3 aromatic rings. The van der Waals surface area contributed by atoms with Crippen LogP contribution in [0, 0.1) is 6.92 Å². The summed E-state index contributed by atoms with van der Waals surface area (Å²) in [4.78, 5) is 22.1. The monoisotopic (exact) mass is 321 g/mol. The number of carbonyl (C=O) groups is 1. The molecule has 0 spiro atoms. The lowest BCUT2D eigenvalue weighted by molar-refractivity contribution is 0.0596. The third-order valence-corrected chi connectivity index (χ3v) is 4.80. The number of rotatable bonds is 3. The number of aromatic amines is 1. The molecule has 0 atom stereocenters. The van der Waals surface area contributed by atoms with Crippen molar-refractivity contribution in [2.45, 2.75) is 12.8 Å². The van der Waals surface area contributed by atoms with E-state index in [9.17, 15) is 4.79 Å². The topological polar surface area (TPSA) is 58.2 Å². The molecule has 5 heteroatoms. The fourth-order valence-corrected chi connectivity index (χ4v) is 3.28. The number of hydrogen-bond acceptors (Lipinski definition) is 3. The van der Waals surface area contributed by atoms with E-state index < -0.39 is 0 Å². The number of hydrogen-bond donors (Lipinski definition) is 1. The molecule has 1 aliphatic rings. The number of aryl methyl sites for hydroxylation is 1. The van der Waals surface area contributed by atoms with Gasteiger partial charge in [-0.15, -0.1) is 0 Å². The van der Waals surface area contributed by atoms with Crippen molar-refractivity contribution < 1.29 is 9.53 Å². The van der Waals surface area contributed by atoms with E-state index in [4.69, 9.17) is 4.74 Å².